The van der Waals surface area contributed by atoms with E-state index in [1.807, 2.05) is 37.4 Å². The summed E-state index contributed by atoms with van der Waals surface area (Å²) in [7, 11) is 0. The van der Waals surface area contributed by atoms with Gasteiger partial charge in [0.05, 0.1) is 12.6 Å². The van der Waals surface area contributed by atoms with Crippen molar-refractivity contribution >= 4 is 0 Å². The van der Waals surface area contributed by atoms with E-state index >= 15 is 0 Å². The summed E-state index contributed by atoms with van der Waals surface area (Å²) in [6.07, 6.45) is 1.88. The Bertz CT molecular complexity index is 568. The van der Waals surface area contributed by atoms with Crippen molar-refractivity contribution in [3.63, 3.8) is 0 Å². The van der Waals surface area contributed by atoms with Gasteiger partial charge in [-0.2, -0.15) is 0 Å². The van der Waals surface area contributed by atoms with E-state index in [-0.39, 0.29) is 12.0 Å². The molecule has 0 radical (unpaired) electrons. The van der Waals surface area contributed by atoms with Crippen molar-refractivity contribution in [2.75, 3.05) is 6.61 Å². The topological polar surface area (TPSA) is 60.2 Å². The van der Waals surface area contributed by atoms with Crippen LogP contribution in [0, 0.1) is 6.92 Å². The molecule has 1 aromatic carbocycles. The molecule has 2 heterocycles. The highest BCUT2D eigenvalue weighted by molar-refractivity contribution is 5.42. The summed E-state index contributed by atoms with van der Waals surface area (Å²) in [6, 6.07) is 12.2. The molecule has 0 saturated carbocycles. The van der Waals surface area contributed by atoms with Gasteiger partial charge >= 0.3 is 0 Å². The quantitative estimate of drug-likeness (QED) is 0.651. The highest BCUT2D eigenvalue weighted by Crippen LogP contribution is 2.40. The smallest absolute Gasteiger partial charge is 0.122 e. The molecule has 3 N–H and O–H groups in total. The van der Waals surface area contributed by atoms with Gasteiger partial charge in [0.15, 0.2) is 0 Å². The van der Waals surface area contributed by atoms with E-state index in [4.69, 9.17) is 10.6 Å². The highest BCUT2D eigenvalue weighted by Gasteiger charge is 2.31. The fourth-order valence-corrected chi connectivity index (χ4v) is 2.57. The first kappa shape index (κ1) is 12.1. The average Bonchev–Trinajstić information content (AvgIpc) is 2.86. The van der Waals surface area contributed by atoms with Crippen LogP contribution in [-0.2, 0) is 0 Å². The van der Waals surface area contributed by atoms with E-state index in [0.717, 1.165) is 17.0 Å². The molecule has 0 saturated heterocycles. The van der Waals surface area contributed by atoms with Gasteiger partial charge in [-0.05, 0) is 24.6 Å². The summed E-state index contributed by atoms with van der Waals surface area (Å²) in [5.74, 6) is 6.91. The summed E-state index contributed by atoms with van der Waals surface area (Å²) in [4.78, 5) is 4.34. The maximum absolute atomic E-state index is 5.75. The number of aryl methyl sites for hydroxylation is 1. The lowest BCUT2D eigenvalue weighted by atomic mass is 9.89. The van der Waals surface area contributed by atoms with Gasteiger partial charge in [-0.25, -0.2) is 0 Å². The van der Waals surface area contributed by atoms with Crippen molar-refractivity contribution in [1.29, 1.82) is 0 Å². The monoisotopic (exact) mass is 255 g/mol. The molecule has 1 aromatic heterocycles. The molecule has 0 amide bonds. The minimum absolute atomic E-state index is 0.0109. The largest absolute Gasteiger partial charge is 0.493 e. The van der Waals surface area contributed by atoms with Crippen molar-refractivity contribution in [3.8, 4) is 5.75 Å². The lowest BCUT2D eigenvalue weighted by molar-refractivity contribution is 0.300. The van der Waals surface area contributed by atoms with Crippen LogP contribution >= 0.6 is 0 Å². The molecule has 1 aliphatic heterocycles. The molecule has 2 unspecified atom stereocenters. The Morgan fingerprint density at radius 2 is 2.16 bits per heavy atom. The number of pyridine rings is 1. The van der Waals surface area contributed by atoms with Crippen LogP contribution in [0.15, 0.2) is 42.6 Å². The third-order valence-electron chi connectivity index (χ3n) is 3.61. The van der Waals surface area contributed by atoms with E-state index in [1.54, 1.807) is 0 Å². The lowest BCUT2D eigenvalue weighted by Crippen LogP contribution is -2.33. The van der Waals surface area contributed by atoms with Gasteiger partial charge in [0, 0.05) is 23.4 Å². The summed E-state index contributed by atoms with van der Waals surface area (Å²) >= 11 is 0. The summed E-state index contributed by atoms with van der Waals surface area (Å²) in [5, 5.41) is 0. The van der Waals surface area contributed by atoms with Crippen LogP contribution in [0.1, 0.15) is 28.8 Å². The molecule has 4 nitrogen and oxygen atoms in total. The number of hydrogen-bond acceptors (Lipinski definition) is 4. The lowest BCUT2D eigenvalue weighted by Gasteiger charge is -2.22. The van der Waals surface area contributed by atoms with Crippen molar-refractivity contribution in [2.45, 2.75) is 18.9 Å². The van der Waals surface area contributed by atoms with Gasteiger partial charge in [-0.15, -0.1) is 0 Å². The molecular weight excluding hydrogens is 238 g/mol. The van der Waals surface area contributed by atoms with Gasteiger partial charge in [-0.3, -0.25) is 16.3 Å². The molecule has 0 spiro atoms. The average molecular weight is 255 g/mol. The van der Waals surface area contributed by atoms with Gasteiger partial charge in [0.2, 0.25) is 0 Å². The van der Waals surface area contributed by atoms with Gasteiger partial charge in [0.25, 0.3) is 0 Å². The maximum Gasteiger partial charge on any atom is 0.122 e. The number of nitrogens with zero attached hydrogens (tertiary/aromatic N) is 1. The van der Waals surface area contributed by atoms with Crippen molar-refractivity contribution in [1.82, 2.24) is 10.4 Å². The first-order valence-electron chi connectivity index (χ1n) is 6.40. The first-order chi connectivity index (χ1) is 9.29. The number of hydrazine groups is 1. The molecule has 2 aromatic rings. The van der Waals surface area contributed by atoms with E-state index in [2.05, 4.69) is 22.5 Å². The Morgan fingerprint density at radius 1 is 1.32 bits per heavy atom. The van der Waals surface area contributed by atoms with Crippen LogP contribution in [0.3, 0.4) is 0 Å². The maximum atomic E-state index is 5.75. The van der Waals surface area contributed by atoms with Crippen LogP contribution in [-0.4, -0.2) is 11.6 Å². The molecule has 0 aliphatic carbocycles. The molecule has 1 aliphatic rings. The minimum Gasteiger partial charge on any atom is -0.493 e. The zero-order valence-electron chi connectivity index (χ0n) is 10.8. The van der Waals surface area contributed by atoms with E-state index in [0.29, 0.717) is 6.61 Å². The Kier molecular flexibility index (Phi) is 3.19. The number of hydrogen-bond donors (Lipinski definition) is 2. The Labute approximate surface area is 112 Å². The van der Waals surface area contributed by atoms with Crippen LogP contribution in [0.25, 0.3) is 0 Å². The molecule has 2 atom stereocenters. The van der Waals surface area contributed by atoms with E-state index in [1.165, 1.54) is 5.56 Å². The molecule has 4 heteroatoms. The molecular formula is C15H17N3O. The zero-order valence-corrected chi connectivity index (χ0v) is 10.8. The standard InChI is InChI=1S/C15H17N3O/c1-10-6-7-11(8-17-10)15(18-16)13-9-19-14-5-3-2-4-12(13)14/h2-8,13,15,18H,9,16H2,1H3. The van der Waals surface area contributed by atoms with Crippen LogP contribution in [0.5, 0.6) is 5.75 Å². The van der Waals surface area contributed by atoms with Gasteiger partial charge in [-0.1, -0.05) is 24.3 Å². The van der Waals surface area contributed by atoms with E-state index < -0.39 is 0 Å². The third kappa shape index (κ3) is 2.20. The Balaban J connectivity index is 1.94. The second-order valence-electron chi connectivity index (χ2n) is 4.83. The number of aromatic nitrogens is 1. The first-order valence-corrected chi connectivity index (χ1v) is 6.40. The summed E-state index contributed by atoms with van der Waals surface area (Å²) in [6.45, 7) is 2.62. The van der Waals surface area contributed by atoms with Crippen molar-refractivity contribution < 1.29 is 4.74 Å². The number of ether oxygens (including phenoxy) is 1. The second kappa shape index (κ2) is 4.99. The zero-order chi connectivity index (χ0) is 13.2. The predicted molar refractivity (Wildman–Crippen MR) is 73.7 cm³/mol. The predicted octanol–water partition coefficient (Wildman–Crippen LogP) is 2.07. The van der Waals surface area contributed by atoms with Crippen LogP contribution < -0.4 is 16.0 Å². The number of nitrogens with one attached hydrogen (secondary N) is 1. The fourth-order valence-electron chi connectivity index (χ4n) is 2.57. The Hall–Kier alpha value is -1.91. The summed E-state index contributed by atoms with van der Waals surface area (Å²) < 4.78 is 5.72. The summed E-state index contributed by atoms with van der Waals surface area (Å²) in [5.41, 5.74) is 6.18. The van der Waals surface area contributed by atoms with E-state index in [9.17, 15) is 0 Å². The molecule has 0 fully saturated rings. The Morgan fingerprint density at radius 3 is 2.89 bits per heavy atom. The van der Waals surface area contributed by atoms with Crippen molar-refractivity contribution in [3.05, 3.63) is 59.4 Å². The number of fused-ring (bicyclic) bond motifs is 1. The molecule has 98 valence electrons. The fraction of sp³-hybridized carbons (Fsp3) is 0.267. The number of benzene rings is 1. The minimum atomic E-state index is 0.0109. The van der Waals surface area contributed by atoms with Gasteiger partial charge in [0.1, 0.15) is 5.75 Å². The molecule has 0 bridgehead atoms. The number of rotatable bonds is 3. The van der Waals surface area contributed by atoms with Crippen LogP contribution in [0.4, 0.5) is 0 Å². The molecule has 19 heavy (non-hydrogen) atoms. The second-order valence-corrected chi connectivity index (χ2v) is 4.83. The normalized spacial score (nSPS) is 18.7. The molecule has 3 rings (SSSR count). The third-order valence-corrected chi connectivity index (χ3v) is 3.61. The van der Waals surface area contributed by atoms with Crippen molar-refractivity contribution in [2.24, 2.45) is 5.84 Å². The highest BCUT2D eigenvalue weighted by atomic mass is 16.5. The number of nitrogens with two attached hydrogens (primary N) is 1. The van der Waals surface area contributed by atoms with Gasteiger partial charge < -0.3 is 4.74 Å². The SMILES string of the molecule is Cc1ccc(C(NN)C2COc3ccccc32)cn1. The number of para-hydroxylation sites is 1. The van der Waals surface area contributed by atoms with Crippen LogP contribution in [0.2, 0.25) is 0 Å².